The summed E-state index contributed by atoms with van der Waals surface area (Å²) in [5.74, 6) is -1.11. The Bertz CT molecular complexity index is 937. The minimum Gasteiger partial charge on any atom is -0.477 e. The second kappa shape index (κ2) is 7.97. The molecule has 1 aromatic carbocycles. The van der Waals surface area contributed by atoms with Gasteiger partial charge in [-0.1, -0.05) is 43.7 Å². The van der Waals surface area contributed by atoms with Gasteiger partial charge in [-0.25, -0.2) is 14.6 Å². The second-order valence-electron chi connectivity index (χ2n) is 5.70. The number of rotatable bonds is 6. The lowest BCUT2D eigenvalue weighted by Gasteiger charge is -2.07. The lowest BCUT2D eigenvalue weighted by atomic mass is 10.2. The molecule has 134 valence electrons. The van der Waals surface area contributed by atoms with Crippen LogP contribution in [0, 0.1) is 0 Å². The van der Waals surface area contributed by atoms with Crippen LogP contribution < -0.4 is 5.32 Å². The fourth-order valence-corrected chi connectivity index (χ4v) is 3.53. The second-order valence-corrected chi connectivity index (χ2v) is 6.70. The number of carboxylic acids is 1. The molecular weight excluding hydrogens is 352 g/mol. The van der Waals surface area contributed by atoms with Crippen LogP contribution >= 0.6 is 11.3 Å². The molecule has 6 nitrogen and oxygen atoms in total. The van der Waals surface area contributed by atoms with Gasteiger partial charge in [0.05, 0.1) is 5.69 Å². The van der Waals surface area contributed by atoms with Gasteiger partial charge in [-0.2, -0.15) is 0 Å². The maximum Gasteiger partial charge on any atom is 0.412 e. The van der Waals surface area contributed by atoms with Crippen molar-refractivity contribution >= 4 is 39.3 Å². The number of ether oxygens (including phenoxy) is 1. The molecular formula is C19H18N2O4S. The highest BCUT2D eigenvalue weighted by molar-refractivity contribution is 7.21. The normalized spacial score (nSPS) is 10.7. The number of carboxylic acid groups (broad SMARTS) is 1. The Morgan fingerprint density at radius 2 is 1.96 bits per heavy atom. The van der Waals surface area contributed by atoms with E-state index in [2.05, 4.69) is 17.2 Å². The van der Waals surface area contributed by atoms with Crippen LogP contribution in [0.1, 0.15) is 34.3 Å². The third-order valence-corrected chi connectivity index (χ3v) is 4.84. The van der Waals surface area contributed by atoms with Crippen LogP contribution in [0.3, 0.4) is 0 Å². The van der Waals surface area contributed by atoms with E-state index in [1.807, 2.05) is 36.4 Å². The Labute approximate surface area is 154 Å². The van der Waals surface area contributed by atoms with E-state index in [0.717, 1.165) is 35.4 Å². The summed E-state index contributed by atoms with van der Waals surface area (Å²) >= 11 is 1.05. The van der Waals surface area contributed by atoms with Crippen molar-refractivity contribution in [2.45, 2.75) is 26.4 Å². The highest BCUT2D eigenvalue weighted by atomic mass is 32.1. The van der Waals surface area contributed by atoms with Crippen molar-refractivity contribution in [2.75, 3.05) is 5.32 Å². The molecule has 0 aliphatic rings. The third kappa shape index (κ3) is 4.00. The zero-order chi connectivity index (χ0) is 18.5. The molecule has 2 aromatic heterocycles. The predicted octanol–water partition coefficient (Wildman–Crippen LogP) is 4.70. The molecule has 0 aliphatic carbocycles. The summed E-state index contributed by atoms with van der Waals surface area (Å²) in [5, 5.41) is 12.6. The molecule has 0 saturated carbocycles. The number of pyridine rings is 1. The van der Waals surface area contributed by atoms with Crippen LogP contribution in [0.5, 0.6) is 0 Å². The first-order valence-corrected chi connectivity index (χ1v) is 9.03. The summed E-state index contributed by atoms with van der Waals surface area (Å²) in [6.07, 6.45) is 1.07. The number of carbonyl (C=O) groups excluding carboxylic acids is 1. The standard InChI is InChI=1S/C19H18N2O4S/c1-2-6-13-9-10-14-15(16(18(22)23)26-17(14)20-13)21-19(24)25-11-12-7-4-3-5-8-12/h3-5,7-10H,2,6,11H2,1H3,(H,21,24)(H,22,23). The van der Waals surface area contributed by atoms with Gasteiger partial charge in [-0.15, -0.1) is 11.3 Å². The number of anilines is 1. The predicted molar refractivity (Wildman–Crippen MR) is 101 cm³/mol. The first-order valence-electron chi connectivity index (χ1n) is 8.22. The Morgan fingerprint density at radius 3 is 2.65 bits per heavy atom. The van der Waals surface area contributed by atoms with Gasteiger partial charge in [0.2, 0.25) is 0 Å². The van der Waals surface area contributed by atoms with E-state index in [9.17, 15) is 14.7 Å². The molecule has 0 saturated heterocycles. The molecule has 0 radical (unpaired) electrons. The highest BCUT2D eigenvalue weighted by Gasteiger charge is 2.21. The molecule has 7 heteroatoms. The number of aromatic nitrogens is 1. The average molecular weight is 370 g/mol. The molecule has 2 heterocycles. The smallest absolute Gasteiger partial charge is 0.412 e. The van der Waals surface area contributed by atoms with E-state index in [4.69, 9.17) is 4.74 Å². The van der Waals surface area contributed by atoms with Gasteiger partial charge in [0.1, 0.15) is 16.3 Å². The van der Waals surface area contributed by atoms with Crippen molar-refractivity contribution in [3.63, 3.8) is 0 Å². The van der Waals surface area contributed by atoms with E-state index in [-0.39, 0.29) is 17.2 Å². The van der Waals surface area contributed by atoms with Gasteiger partial charge in [0, 0.05) is 11.1 Å². The number of nitrogens with zero attached hydrogens (tertiary/aromatic N) is 1. The number of fused-ring (bicyclic) bond motifs is 1. The number of aryl methyl sites for hydroxylation is 1. The van der Waals surface area contributed by atoms with Crippen molar-refractivity contribution < 1.29 is 19.4 Å². The van der Waals surface area contributed by atoms with Gasteiger partial charge < -0.3 is 9.84 Å². The number of amides is 1. The van der Waals surface area contributed by atoms with Gasteiger partial charge in [-0.05, 0) is 24.1 Å². The van der Waals surface area contributed by atoms with Crippen LogP contribution in [-0.2, 0) is 17.8 Å². The topological polar surface area (TPSA) is 88.5 Å². The number of hydrogen-bond donors (Lipinski definition) is 2. The summed E-state index contributed by atoms with van der Waals surface area (Å²) in [6, 6.07) is 12.9. The SMILES string of the molecule is CCCc1ccc2c(NC(=O)OCc3ccccc3)c(C(=O)O)sc2n1. The molecule has 0 aliphatic heterocycles. The first kappa shape index (κ1) is 17.9. The molecule has 0 unspecified atom stereocenters. The Morgan fingerprint density at radius 1 is 1.19 bits per heavy atom. The number of carbonyl (C=O) groups is 2. The van der Waals surface area contributed by atoms with Crippen LogP contribution in [0.2, 0.25) is 0 Å². The molecule has 1 amide bonds. The monoisotopic (exact) mass is 370 g/mol. The molecule has 2 N–H and O–H groups in total. The summed E-state index contributed by atoms with van der Waals surface area (Å²) in [4.78, 5) is 28.8. The summed E-state index contributed by atoms with van der Waals surface area (Å²) < 4.78 is 5.19. The molecule has 0 bridgehead atoms. The minimum atomic E-state index is -1.11. The lowest BCUT2D eigenvalue weighted by Crippen LogP contribution is -2.15. The molecule has 3 rings (SSSR count). The Hall–Kier alpha value is -2.93. The van der Waals surface area contributed by atoms with Crippen LogP contribution in [-0.4, -0.2) is 22.2 Å². The Kier molecular flexibility index (Phi) is 5.48. The molecule has 0 spiro atoms. The van der Waals surface area contributed by atoms with Gasteiger partial charge in [-0.3, -0.25) is 5.32 Å². The average Bonchev–Trinajstić information content (AvgIpc) is 2.99. The highest BCUT2D eigenvalue weighted by Crippen LogP contribution is 2.35. The number of hydrogen-bond acceptors (Lipinski definition) is 5. The van der Waals surface area contributed by atoms with Crippen molar-refractivity contribution in [1.29, 1.82) is 0 Å². The van der Waals surface area contributed by atoms with Gasteiger partial charge in [0.25, 0.3) is 0 Å². The zero-order valence-electron chi connectivity index (χ0n) is 14.2. The maximum absolute atomic E-state index is 12.1. The van der Waals surface area contributed by atoms with E-state index >= 15 is 0 Å². The van der Waals surface area contributed by atoms with Crippen LogP contribution in [0.4, 0.5) is 10.5 Å². The fraction of sp³-hybridized carbons (Fsp3) is 0.211. The largest absolute Gasteiger partial charge is 0.477 e. The number of aromatic carboxylic acids is 1. The van der Waals surface area contributed by atoms with E-state index < -0.39 is 12.1 Å². The van der Waals surface area contributed by atoms with Crippen LogP contribution in [0.15, 0.2) is 42.5 Å². The van der Waals surface area contributed by atoms with Crippen molar-refractivity contribution in [1.82, 2.24) is 4.98 Å². The van der Waals surface area contributed by atoms with Gasteiger partial charge in [0.15, 0.2) is 0 Å². The number of nitrogens with one attached hydrogen (secondary N) is 1. The Balaban J connectivity index is 1.82. The van der Waals surface area contributed by atoms with E-state index in [1.165, 1.54) is 0 Å². The molecule has 26 heavy (non-hydrogen) atoms. The quantitative estimate of drug-likeness (QED) is 0.657. The number of benzene rings is 1. The van der Waals surface area contributed by atoms with Crippen LogP contribution in [0.25, 0.3) is 10.2 Å². The van der Waals surface area contributed by atoms with Crippen molar-refractivity contribution in [2.24, 2.45) is 0 Å². The fourth-order valence-electron chi connectivity index (χ4n) is 2.55. The molecule has 0 atom stereocenters. The van der Waals surface area contributed by atoms with Gasteiger partial charge >= 0.3 is 12.1 Å². The summed E-state index contributed by atoms with van der Waals surface area (Å²) in [5.41, 5.74) is 1.98. The minimum absolute atomic E-state index is 0.0396. The third-order valence-electron chi connectivity index (χ3n) is 3.75. The maximum atomic E-state index is 12.1. The van der Waals surface area contributed by atoms with Crippen molar-refractivity contribution in [3.05, 3.63) is 58.6 Å². The van der Waals surface area contributed by atoms with Crippen molar-refractivity contribution in [3.8, 4) is 0 Å². The lowest BCUT2D eigenvalue weighted by molar-refractivity contribution is 0.0703. The van der Waals surface area contributed by atoms with E-state index in [0.29, 0.717) is 10.2 Å². The summed E-state index contributed by atoms with van der Waals surface area (Å²) in [7, 11) is 0. The number of thiophene rings is 1. The van der Waals surface area contributed by atoms with E-state index in [1.54, 1.807) is 6.07 Å². The zero-order valence-corrected chi connectivity index (χ0v) is 15.0. The first-order chi connectivity index (χ1) is 12.6. The summed E-state index contributed by atoms with van der Waals surface area (Å²) in [6.45, 7) is 2.16. The molecule has 3 aromatic rings. The molecule has 0 fully saturated rings.